The first-order chi connectivity index (χ1) is 5.77. The minimum atomic E-state index is 0. The minimum Gasteiger partial charge on any atom is -0.359 e. The molecular formula is C9H15ClN2O. The van der Waals surface area contributed by atoms with Crippen molar-refractivity contribution in [2.75, 3.05) is 13.6 Å². The molecule has 0 aromatic carbocycles. The number of hydrogen-bond acceptors (Lipinski definition) is 3. The van der Waals surface area contributed by atoms with Crippen LogP contribution >= 0.6 is 12.4 Å². The monoisotopic (exact) mass is 202 g/mol. The molecule has 1 saturated heterocycles. The molecule has 1 aliphatic heterocycles. The summed E-state index contributed by atoms with van der Waals surface area (Å²) in [5.41, 5.74) is 0.977. The Hall–Kier alpha value is -0.540. The van der Waals surface area contributed by atoms with Crippen LogP contribution in [0.3, 0.4) is 0 Å². The fraction of sp³-hybridized carbons (Fsp3) is 0.667. The Bertz CT molecular complexity index is 274. The van der Waals surface area contributed by atoms with Gasteiger partial charge >= 0.3 is 0 Å². The second kappa shape index (κ2) is 4.11. The smallest absolute Gasteiger partial charge is 0.154 e. The van der Waals surface area contributed by atoms with Gasteiger partial charge in [-0.3, -0.25) is 4.90 Å². The number of aryl methyl sites for hydroxylation is 1. The van der Waals surface area contributed by atoms with Crippen LogP contribution in [-0.4, -0.2) is 23.6 Å². The summed E-state index contributed by atoms with van der Waals surface area (Å²) < 4.78 is 5.23. The standard InChI is InChI=1S/C9H14N2O.ClH/c1-7-6-9(12-10-7)8-4-3-5-11(8)2;/h6,8H,3-5H2,1-2H3;1H/t8-;/m1./s1. The van der Waals surface area contributed by atoms with E-state index in [1.165, 1.54) is 19.4 Å². The summed E-state index contributed by atoms with van der Waals surface area (Å²) in [6.07, 6.45) is 2.46. The maximum Gasteiger partial charge on any atom is 0.154 e. The largest absolute Gasteiger partial charge is 0.359 e. The molecule has 1 atom stereocenters. The van der Waals surface area contributed by atoms with Gasteiger partial charge in [-0.15, -0.1) is 12.4 Å². The van der Waals surface area contributed by atoms with Crippen molar-refractivity contribution < 1.29 is 4.52 Å². The minimum absolute atomic E-state index is 0. The maximum absolute atomic E-state index is 5.23. The van der Waals surface area contributed by atoms with E-state index < -0.39 is 0 Å². The van der Waals surface area contributed by atoms with E-state index >= 15 is 0 Å². The summed E-state index contributed by atoms with van der Waals surface area (Å²) in [6, 6.07) is 2.50. The summed E-state index contributed by atoms with van der Waals surface area (Å²) in [4.78, 5) is 2.32. The molecule has 4 heteroatoms. The Labute approximate surface area is 84.5 Å². The highest BCUT2D eigenvalue weighted by Crippen LogP contribution is 2.30. The summed E-state index contributed by atoms with van der Waals surface area (Å²) in [6.45, 7) is 3.13. The molecule has 13 heavy (non-hydrogen) atoms. The van der Waals surface area contributed by atoms with Crippen LogP contribution in [0.2, 0.25) is 0 Å². The second-order valence-electron chi connectivity index (χ2n) is 3.51. The van der Waals surface area contributed by atoms with Crippen LogP contribution in [-0.2, 0) is 0 Å². The van der Waals surface area contributed by atoms with Crippen molar-refractivity contribution in [2.24, 2.45) is 0 Å². The third-order valence-electron chi connectivity index (χ3n) is 2.50. The first-order valence-corrected chi connectivity index (χ1v) is 4.41. The molecule has 0 aliphatic carbocycles. The molecule has 0 radical (unpaired) electrons. The number of nitrogens with zero attached hydrogens (tertiary/aromatic N) is 2. The number of rotatable bonds is 1. The van der Waals surface area contributed by atoms with Gasteiger partial charge < -0.3 is 4.52 Å². The van der Waals surface area contributed by atoms with Crippen LogP contribution in [0.25, 0.3) is 0 Å². The molecule has 1 aliphatic rings. The van der Waals surface area contributed by atoms with E-state index in [4.69, 9.17) is 4.52 Å². The second-order valence-corrected chi connectivity index (χ2v) is 3.51. The van der Waals surface area contributed by atoms with Gasteiger partial charge in [0.2, 0.25) is 0 Å². The highest BCUT2D eigenvalue weighted by Gasteiger charge is 2.25. The van der Waals surface area contributed by atoms with Crippen LogP contribution in [0.15, 0.2) is 10.6 Å². The Kier molecular flexibility index (Phi) is 3.33. The lowest BCUT2D eigenvalue weighted by Gasteiger charge is -2.15. The molecule has 0 unspecified atom stereocenters. The quantitative estimate of drug-likeness (QED) is 0.699. The molecule has 1 aromatic heterocycles. The SMILES string of the molecule is Cc1cc([C@H]2CCCN2C)on1.Cl. The molecule has 1 fully saturated rings. The zero-order chi connectivity index (χ0) is 8.55. The van der Waals surface area contributed by atoms with Crippen LogP contribution in [0.5, 0.6) is 0 Å². The predicted octanol–water partition coefficient (Wildman–Crippen LogP) is 2.17. The summed E-state index contributed by atoms with van der Waals surface area (Å²) in [5.74, 6) is 1.02. The van der Waals surface area contributed by atoms with Crippen LogP contribution in [0, 0.1) is 6.92 Å². The molecule has 0 N–H and O–H groups in total. The summed E-state index contributed by atoms with van der Waals surface area (Å²) in [7, 11) is 2.13. The van der Waals surface area contributed by atoms with E-state index in [1.54, 1.807) is 0 Å². The van der Waals surface area contributed by atoms with E-state index in [0.29, 0.717) is 6.04 Å². The van der Waals surface area contributed by atoms with E-state index in [-0.39, 0.29) is 12.4 Å². The molecule has 1 aromatic rings. The van der Waals surface area contributed by atoms with E-state index in [2.05, 4.69) is 17.1 Å². The van der Waals surface area contributed by atoms with Crippen LogP contribution in [0.4, 0.5) is 0 Å². The van der Waals surface area contributed by atoms with Gasteiger partial charge in [-0.25, -0.2) is 0 Å². The molecule has 0 amide bonds. The average Bonchev–Trinajstić information content (AvgIpc) is 2.58. The summed E-state index contributed by atoms with van der Waals surface area (Å²) in [5, 5.41) is 3.89. The van der Waals surface area contributed by atoms with E-state index in [9.17, 15) is 0 Å². The highest BCUT2D eigenvalue weighted by atomic mass is 35.5. The van der Waals surface area contributed by atoms with Gasteiger partial charge in [0.05, 0.1) is 11.7 Å². The van der Waals surface area contributed by atoms with Crippen molar-refractivity contribution in [3.05, 3.63) is 17.5 Å². The van der Waals surface area contributed by atoms with Crippen LogP contribution in [0.1, 0.15) is 30.3 Å². The third-order valence-corrected chi connectivity index (χ3v) is 2.50. The van der Waals surface area contributed by atoms with Crippen molar-refractivity contribution >= 4 is 12.4 Å². The molecule has 0 spiro atoms. The lowest BCUT2D eigenvalue weighted by atomic mass is 10.1. The molecule has 2 rings (SSSR count). The van der Waals surface area contributed by atoms with Gasteiger partial charge in [0.1, 0.15) is 0 Å². The molecule has 0 saturated carbocycles. The topological polar surface area (TPSA) is 29.3 Å². The lowest BCUT2D eigenvalue weighted by molar-refractivity contribution is 0.251. The Morgan fingerprint density at radius 2 is 2.38 bits per heavy atom. The van der Waals surface area contributed by atoms with E-state index in [0.717, 1.165) is 11.5 Å². The maximum atomic E-state index is 5.23. The van der Waals surface area contributed by atoms with Gasteiger partial charge in [0, 0.05) is 6.07 Å². The first-order valence-electron chi connectivity index (χ1n) is 4.41. The zero-order valence-electron chi connectivity index (χ0n) is 7.99. The van der Waals surface area contributed by atoms with Crippen molar-refractivity contribution in [1.29, 1.82) is 0 Å². The van der Waals surface area contributed by atoms with Gasteiger partial charge in [0.25, 0.3) is 0 Å². The normalized spacial score (nSPS) is 23.1. The lowest BCUT2D eigenvalue weighted by Crippen LogP contribution is -2.16. The Morgan fingerprint density at radius 1 is 1.62 bits per heavy atom. The number of hydrogen-bond donors (Lipinski definition) is 0. The molecular weight excluding hydrogens is 188 g/mol. The average molecular weight is 203 g/mol. The number of halogens is 1. The van der Waals surface area contributed by atoms with Crippen molar-refractivity contribution in [3.8, 4) is 0 Å². The number of aromatic nitrogens is 1. The van der Waals surface area contributed by atoms with Gasteiger partial charge in [-0.05, 0) is 33.4 Å². The van der Waals surface area contributed by atoms with Gasteiger partial charge in [0.15, 0.2) is 5.76 Å². The highest BCUT2D eigenvalue weighted by molar-refractivity contribution is 5.85. The van der Waals surface area contributed by atoms with Gasteiger partial charge in [-0.1, -0.05) is 5.16 Å². The van der Waals surface area contributed by atoms with Gasteiger partial charge in [-0.2, -0.15) is 0 Å². The van der Waals surface area contributed by atoms with E-state index in [1.807, 2.05) is 13.0 Å². The van der Waals surface area contributed by atoms with Crippen molar-refractivity contribution in [3.63, 3.8) is 0 Å². The van der Waals surface area contributed by atoms with Crippen molar-refractivity contribution in [2.45, 2.75) is 25.8 Å². The Balaban J connectivity index is 0.000000845. The molecule has 2 heterocycles. The molecule has 3 nitrogen and oxygen atoms in total. The first kappa shape index (κ1) is 10.5. The third kappa shape index (κ3) is 2.03. The fourth-order valence-electron chi connectivity index (χ4n) is 1.81. The van der Waals surface area contributed by atoms with Crippen LogP contribution < -0.4 is 0 Å². The van der Waals surface area contributed by atoms with Crippen molar-refractivity contribution in [1.82, 2.24) is 10.1 Å². The zero-order valence-corrected chi connectivity index (χ0v) is 8.80. The number of likely N-dealkylation sites (tertiary alicyclic amines) is 1. The fourth-order valence-corrected chi connectivity index (χ4v) is 1.81. The Morgan fingerprint density at radius 3 is 2.85 bits per heavy atom. The molecule has 0 bridgehead atoms. The predicted molar refractivity (Wildman–Crippen MR) is 53.1 cm³/mol. The summed E-state index contributed by atoms with van der Waals surface area (Å²) >= 11 is 0. The molecule has 74 valence electrons.